The number of amides is 2. The van der Waals surface area contributed by atoms with Crippen molar-refractivity contribution in [2.45, 2.75) is 6.54 Å². The van der Waals surface area contributed by atoms with Crippen molar-refractivity contribution >= 4 is 34.7 Å². The Bertz CT molecular complexity index is 1460. The normalized spacial score (nSPS) is 16.3. The highest BCUT2D eigenvalue weighted by Gasteiger charge is 2.28. The average molecular weight is 468 g/mol. The molecule has 1 fully saturated rings. The molecular formula is C22H24N8O4. The van der Waals surface area contributed by atoms with Crippen LogP contribution in [0, 0.1) is 5.92 Å². The van der Waals surface area contributed by atoms with Gasteiger partial charge in [-0.15, -0.1) is 0 Å². The van der Waals surface area contributed by atoms with Crippen LogP contribution in [-0.2, 0) is 23.1 Å². The van der Waals surface area contributed by atoms with Crippen molar-refractivity contribution in [2.75, 3.05) is 42.8 Å². The van der Waals surface area contributed by atoms with Gasteiger partial charge in [0.15, 0.2) is 5.82 Å². The molecule has 2 aliphatic heterocycles. The van der Waals surface area contributed by atoms with Crippen LogP contribution in [0.4, 0.5) is 22.9 Å². The number of pyridine rings is 1. The van der Waals surface area contributed by atoms with Gasteiger partial charge in [-0.05, 0) is 12.1 Å². The topological polar surface area (TPSA) is 135 Å². The van der Waals surface area contributed by atoms with Gasteiger partial charge in [0.1, 0.15) is 5.82 Å². The molecule has 0 radical (unpaired) electrons. The molecule has 0 atom stereocenters. The molecule has 0 saturated carbocycles. The largest absolute Gasteiger partial charge is 0.380 e. The quantitative estimate of drug-likeness (QED) is 0.497. The van der Waals surface area contributed by atoms with Gasteiger partial charge in [-0.2, -0.15) is 5.10 Å². The van der Waals surface area contributed by atoms with Crippen LogP contribution in [0.25, 0.3) is 5.69 Å². The minimum absolute atomic E-state index is 0.0450. The summed E-state index contributed by atoms with van der Waals surface area (Å²) < 4.78 is 30.0. The highest BCUT2D eigenvalue weighted by atomic mass is 16.5. The Morgan fingerprint density at radius 2 is 2.06 bits per heavy atom. The molecule has 4 heterocycles. The lowest BCUT2D eigenvalue weighted by molar-refractivity contribution is -0.133. The molecular weight excluding hydrogens is 440 g/mol. The van der Waals surface area contributed by atoms with Crippen molar-refractivity contribution in [1.29, 1.82) is 0 Å². The minimum atomic E-state index is -2.71. The molecule has 2 aromatic heterocycles. The summed E-state index contributed by atoms with van der Waals surface area (Å²) in [6.07, 6.45) is 1.19. The third kappa shape index (κ3) is 3.57. The van der Waals surface area contributed by atoms with Gasteiger partial charge in [-0.1, -0.05) is 6.07 Å². The van der Waals surface area contributed by atoms with E-state index in [1.54, 1.807) is 25.2 Å². The highest BCUT2D eigenvalue weighted by Crippen LogP contribution is 2.38. The van der Waals surface area contributed by atoms with Gasteiger partial charge in [0.05, 0.1) is 54.0 Å². The Labute approximate surface area is 198 Å². The Morgan fingerprint density at radius 3 is 2.79 bits per heavy atom. The summed E-state index contributed by atoms with van der Waals surface area (Å²) in [6.45, 7) is -1.73. The number of anilines is 4. The van der Waals surface area contributed by atoms with Crippen LogP contribution in [0.15, 0.2) is 35.3 Å². The number of ether oxygens (including phenoxy) is 1. The highest BCUT2D eigenvalue weighted by molar-refractivity contribution is 6.02. The predicted molar refractivity (Wildman–Crippen MR) is 125 cm³/mol. The fourth-order valence-corrected chi connectivity index (χ4v) is 4.00. The first-order valence-corrected chi connectivity index (χ1v) is 10.5. The van der Waals surface area contributed by atoms with Crippen LogP contribution < -0.4 is 26.5 Å². The van der Waals surface area contributed by atoms with Gasteiger partial charge >= 0.3 is 5.69 Å². The molecule has 1 saturated heterocycles. The summed E-state index contributed by atoms with van der Waals surface area (Å²) in [5, 5.41) is 12.1. The monoisotopic (exact) mass is 467 g/mol. The second-order valence-electron chi connectivity index (χ2n) is 8.11. The van der Waals surface area contributed by atoms with Crippen LogP contribution in [0.5, 0.6) is 0 Å². The van der Waals surface area contributed by atoms with Crippen LogP contribution >= 0.6 is 0 Å². The lowest BCUT2D eigenvalue weighted by atomic mass is 10.1. The summed E-state index contributed by atoms with van der Waals surface area (Å²) in [5.41, 5.74) is 1.67. The molecule has 1 aromatic carbocycles. The maximum absolute atomic E-state index is 12.8. The van der Waals surface area contributed by atoms with E-state index in [0.717, 1.165) is 0 Å². The molecule has 12 nitrogen and oxygen atoms in total. The zero-order valence-corrected chi connectivity index (χ0v) is 18.5. The number of hydrogen-bond donors (Lipinski definition) is 3. The van der Waals surface area contributed by atoms with Gasteiger partial charge in [0, 0.05) is 37.4 Å². The smallest absolute Gasteiger partial charge is 0.350 e. The SMILES string of the molecule is [2H]C([2H])([2H])NC(=O)c1cnc(NC(=O)C2COC2)cc1Nc1cccc2c1N(C)Cc1nn(C)c(=O)n1-2. The minimum Gasteiger partial charge on any atom is -0.380 e. The number of carbonyl (C=O) groups is 2. The number of benzene rings is 1. The number of hydrogen-bond acceptors (Lipinski definition) is 8. The van der Waals surface area contributed by atoms with Crippen molar-refractivity contribution in [1.82, 2.24) is 24.6 Å². The van der Waals surface area contributed by atoms with Gasteiger partial charge in [0.25, 0.3) is 5.91 Å². The standard InChI is InChI=1S/C22H24N8O4/c1-23-21(32)13-8-24-17(26-20(31)12-10-34-11-12)7-15(13)25-14-5-4-6-16-19(14)28(2)9-18-27-29(3)22(33)30(16)18/h4-8,12H,9-11H2,1-3H3,(H,23,32)(H2,24,25,26,31)/i1D3. The van der Waals surface area contributed by atoms with E-state index in [-0.39, 0.29) is 34.6 Å². The Hall–Kier alpha value is -4.19. The summed E-state index contributed by atoms with van der Waals surface area (Å²) in [4.78, 5) is 44.0. The zero-order valence-electron chi connectivity index (χ0n) is 21.5. The number of fused-ring (bicyclic) bond motifs is 3. The van der Waals surface area contributed by atoms with E-state index < -0.39 is 12.9 Å². The van der Waals surface area contributed by atoms with E-state index in [1.807, 2.05) is 17.3 Å². The third-order valence-electron chi connectivity index (χ3n) is 5.80. The Balaban J connectivity index is 1.55. The summed E-state index contributed by atoms with van der Waals surface area (Å²) in [6, 6.07) is 6.74. The Kier molecular flexibility index (Phi) is 4.46. The second kappa shape index (κ2) is 8.30. The van der Waals surface area contributed by atoms with Crippen LogP contribution in [-0.4, -0.2) is 58.4 Å². The van der Waals surface area contributed by atoms with E-state index >= 15 is 0 Å². The van der Waals surface area contributed by atoms with Crippen molar-refractivity contribution in [3.63, 3.8) is 0 Å². The molecule has 3 N–H and O–H groups in total. The number of carbonyl (C=O) groups excluding carboxylic acids is 2. The van der Waals surface area contributed by atoms with E-state index in [1.165, 1.54) is 21.5 Å². The van der Waals surface area contributed by atoms with Gasteiger partial charge in [-0.25, -0.2) is 19.0 Å². The zero-order chi connectivity index (χ0) is 26.5. The van der Waals surface area contributed by atoms with Crippen molar-refractivity contribution in [3.8, 4) is 5.69 Å². The van der Waals surface area contributed by atoms with E-state index in [9.17, 15) is 14.4 Å². The number of aryl methyl sites for hydroxylation is 1. The van der Waals surface area contributed by atoms with Crippen molar-refractivity contribution in [3.05, 3.63) is 52.3 Å². The first-order valence-electron chi connectivity index (χ1n) is 12.0. The van der Waals surface area contributed by atoms with Crippen LogP contribution in [0.1, 0.15) is 20.3 Å². The van der Waals surface area contributed by atoms with Crippen LogP contribution in [0.3, 0.4) is 0 Å². The molecule has 0 bridgehead atoms. The molecule has 0 spiro atoms. The van der Waals surface area contributed by atoms with Gasteiger partial charge in [-0.3, -0.25) is 9.59 Å². The molecule has 0 aliphatic carbocycles. The molecule has 34 heavy (non-hydrogen) atoms. The molecule has 2 amide bonds. The summed E-state index contributed by atoms with van der Waals surface area (Å²) in [7, 11) is 3.42. The number of aromatic nitrogens is 4. The summed E-state index contributed by atoms with van der Waals surface area (Å²) in [5.74, 6) is -0.688. The fraction of sp³-hybridized carbons (Fsp3) is 0.318. The number of rotatable bonds is 5. The second-order valence-corrected chi connectivity index (χ2v) is 8.11. The van der Waals surface area contributed by atoms with Crippen molar-refractivity contribution < 1.29 is 18.4 Å². The van der Waals surface area contributed by atoms with E-state index in [0.29, 0.717) is 42.6 Å². The Morgan fingerprint density at radius 1 is 1.24 bits per heavy atom. The number of para-hydroxylation sites is 1. The molecule has 12 heteroatoms. The lowest BCUT2D eigenvalue weighted by Gasteiger charge is -2.30. The van der Waals surface area contributed by atoms with E-state index in [4.69, 9.17) is 8.85 Å². The molecule has 0 unspecified atom stereocenters. The average Bonchev–Trinajstić information content (AvgIpc) is 3.04. The lowest BCUT2D eigenvalue weighted by Crippen LogP contribution is -2.38. The maximum atomic E-state index is 12.8. The summed E-state index contributed by atoms with van der Waals surface area (Å²) >= 11 is 0. The van der Waals surface area contributed by atoms with E-state index in [2.05, 4.69) is 20.7 Å². The fourth-order valence-electron chi connectivity index (χ4n) is 4.00. The van der Waals surface area contributed by atoms with Gasteiger partial charge in [0.2, 0.25) is 5.91 Å². The first-order chi connectivity index (χ1) is 17.5. The molecule has 176 valence electrons. The maximum Gasteiger partial charge on any atom is 0.350 e. The molecule has 5 rings (SSSR count). The van der Waals surface area contributed by atoms with Crippen molar-refractivity contribution in [2.24, 2.45) is 13.0 Å². The first kappa shape index (κ1) is 18.3. The molecule has 3 aromatic rings. The number of nitrogens with one attached hydrogen (secondary N) is 3. The predicted octanol–water partition coefficient (Wildman–Crippen LogP) is 0.604. The van der Waals surface area contributed by atoms with Gasteiger partial charge < -0.3 is 25.6 Å². The number of nitrogens with zero attached hydrogens (tertiary/aromatic N) is 5. The third-order valence-corrected chi connectivity index (χ3v) is 5.80. The van der Waals surface area contributed by atoms with Crippen LogP contribution in [0.2, 0.25) is 0 Å². The molecule has 2 aliphatic rings.